The van der Waals surface area contributed by atoms with E-state index in [1.807, 2.05) is 0 Å². The van der Waals surface area contributed by atoms with Crippen LogP contribution in [0.1, 0.15) is 0 Å². The van der Waals surface area contributed by atoms with Gasteiger partial charge in [-0.3, -0.25) is 19.1 Å². The molecule has 168 valence electrons. The molecule has 6 aromatic rings. The molecule has 0 aliphatic carbocycles. The topological polar surface area (TPSA) is 113 Å². The molecular weight excluding hydrogens is 522 g/mol. The zero-order chi connectivity index (χ0) is 23.7. The molecule has 0 radical (unpaired) electrons. The van der Waals surface area contributed by atoms with Gasteiger partial charge < -0.3 is 0 Å². The Labute approximate surface area is 211 Å². The number of rotatable bonds is 2. The van der Waals surface area contributed by atoms with Gasteiger partial charge in [-0.15, -0.1) is 0 Å². The SMILES string of the molecule is Clc1cc2c(cn1)ncn2-c1cncc(Cl)n1.Clc1cc2ncn(-c3cncc(Cl)n3)c2cn1. The Morgan fingerprint density at radius 2 is 1.06 bits per heavy atom. The van der Waals surface area contributed by atoms with E-state index in [9.17, 15) is 0 Å². The second-order valence-corrected chi connectivity index (χ2v) is 8.17. The standard InChI is InChI=1S/2C10H5Cl2N5/c11-8-1-7-6(2-14-8)15-5-17(7)10-4-13-3-9(12)16-10;11-8-1-6-7(2-14-8)17(5-15-6)10-4-13-3-9(12)16-10/h2*1-5H. The van der Waals surface area contributed by atoms with Crippen LogP contribution in [-0.2, 0) is 0 Å². The fraction of sp³-hybridized carbons (Fsp3) is 0. The van der Waals surface area contributed by atoms with Gasteiger partial charge in [0, 0.05) is 12.1 Å². The van der Waals surface area contributed by atoms with Gasteiger partial charge in [0.05, 0.1) is 53.7 Å². The number of fused-ring (bicyclic) bond motifs is 2. The minimum Gasteiger partial charge on any atom is -0.281 e. The Morgan fingerprint density at radius 1 is 0.500 bits per heavy atom. The molecule has 6 rings (SSSR count). The molecule has 6 aromatic heterocycles. The highest BCUT2D eigenvalue weighted by Crippen LogP contribution is 2.20. The largest absolute Gasteiger partial charge is 0.281 e. The van der Waals surface area contributed by atoms with Crippen LogP contribution in [0.25, 0.3) is 33.7 Å². The first-order chi connectivity index (χ1) is 16.5. The highest BCUT2D eigenvalue weighted by molar-refractivity contribution is 6.30. The summed E-state index contributed by atoms with van der Waals surface area (Å²) < 4.78 is 3.50. The molecule has 34 heavy (non-hydrogen) atoms. The first-order valence-electron chi connectivity index (χ1n) is 9.41. The third kappa shape index (κ3) is 4.62. The molecule has 0 fully saturated rings. The number of nitrogens with zero attached hydrogens (tertiary/aromatic N) is 10. The number of hydrogen-bond acceptors (Lipinski definition) is 8. The Morgan fingerprint density at radius 3 is 1.71 bits per heavy atom. The normalized spacial score (nSPS) is 10.9. The van der Waals surface area contributed by atoms with Gasteiger partial charge in [0.2, 0.25) is 0 Å². The fourth-order valence-corrected chi connectivity index (χ4v) is 3.62. The summed E-state index contributed by atoms with van der Waals surface area (Å²) in [7, 11) is 0. The van der Waals surface area contributed by atoms with Crippen molar-refractivity contribution >= 4 is 68.5 Å². The lowest BCUT2D eigenvalue weighted by Gasteiger charge is -2.02. The van der Waals surface area contributed by atoms with E-state index in [1.165, 1.54) is 12.4 Å². The van der Waals surface area contributed by atoms with E-state index in [4.69, 9.17) is 46.4 Å². The molecule has 0 atom stereocenters. The number of halogens is 4. The monoisotopic (exact) mass is 530 g/mol. The van der Waals surface area contributed by atoms with Gasteiger partial charge in [-0.1, -0.05) is 46.4 Å². The van der Waals surface area contributed by atoms with Crippen LogP contribution in [0.5, 0.6) is 0 Å². The van der Waals surface area contributed by atoms with Gasteiger partial charge in [-0.25, -0.2) is 29.9 Å². The van der Waals surface area contributed by atoms with E-state index < -0.39 is 0 Å². The zero-order valence-corrected chi connectivity index (χ0v) is 19.8. The van der Waals surface area contributed by atoms with Crippen LogP contribution in [0.3, 0.4) is 0 Å². The Hall–Kier alpha value is -3.44. The van der Waals surface area contributed by atoms with Crippen LogP contribution in [0.4, 0.5) is 0 Å². The molecular formula is C20H10Cl4N10. The number of imidazole rings is 2. The highest BCUT2D eigenvalue weighted by Gasteiger charge is 2.08. The number of pyridine rings is 2. The zero-order valence-electron chi connectivity index (χ0n) is 16.8. The maximum Gasteiger partial charge on any atom is 0.158 e. The molecule has 0 aliphatic rings. The van der Waals surface area contributed by atoms with Crippen LogP contribution in [0.15, 0.2) is 62.0 Å². The van der Waals surface area contributed by atoms with Crippen molar-refractivity contribution in [3.8, 4) is 11.6 Å². The van der Waals surface area contributed by atoms with E-state index in [2.05, 4.69) is 39.9 Å². The van der Waals surface area contributed by atoms with Crippen LogP contribution >= 0.6 is 46.4 Å². The van der Waals surface area contributed by atoms with Crippen LogP contribution < -0.4 is 0 Å². The third-order valence-electron chi connectivity index (χ3n) is 4.48. The highest BCUT2D eigenvalue weighted by atomic mass is 35.5. The van der Waals surface area contributed by atoms with Crippen molar-refractivity contribution in [2.75, 3.05) is 0 Å². The van der Waals surface area contributed by atoms with Gasteiger partial charge in [0.1, 0.15) is 38.8 Å². The Kier molecular flexibility index (Phi) is 6.20. The van der Waals surface area contributed by atoms with Gasteiger partial charge >= 0.3 is 0 Å². The maximum absolute atomic E-state index is 5.85. The molecule has 0 saturated carbocycles. The van der Waals surface area contributed by atoms with Crippen molar-refractivity contribution in [3.63, 3.8) is 0 Å². The third-order valence-corrected chi connectivity index (χ3v) is 5.26. The van der Waals surface area contributed by atoms with E-state index in [1.54, 1.807) is 58.7 Å². The van der Waals surface area contributed by atoms with E-state index in [-0.39, 0.29) is 0 Å². The Bertz CT molecular complexity index is 1630. The minimum absolute atomic E-state index is 0.324. The van der Waals surface area contributed by atoms with E-state index in [0.717, 1.165) is 22.1 Å². The lowest BCUT2D eigenvalue weighted by Crippen LogP contribution is -1.97. The number of hydrogen-bond donors (Lipinski definition) is 0. The molecule has 0 amide bonds. The second kappa shape index (κ2) is 9.43. The van der Waals surface area contributed by atoms with Crippen molar-refractivity contribution in [1.29, 1.82) is 0 Å². The van der Waals surface area contributed by atoms with Gasteiger partial charge in [-0.2, -0.15) is 0 Å². The minimum atomic E-state index is 0.324. The lowest BCUT2D eigenvalue weighted by atomic mass is 10.4. The van der Waals surface area contributed by atoms with Crippen molar-refractivity contribution in [2.24, 2.45) is 0 Å². The summed E-state index contributed by atoms with van der Waals surface area (Å²) >= 11 is 23.2. The van der Waals surface area contributed by atoms with Crippen molar-refractivity contribution < 1.29 is 0 Å². The molecule has 10 nitrogen and oxygen atoms in total. The summed E-state index contributed by atoms with van der Waals surface area (Å²) in [5.74, 6) is 1.17. The molecule has 14 heteroatoms. The molecule has 6 heterocycles. The first kappa shape index (κ1) is 22.4. The summed E-state index contributed by atoms with van der Waals surface area (Å²) in [6.45, 7) is 0. The summed E-state index contributed by atoms with van der Waals surface area (Å²) in [5.41, 5.74) is 3.08. The van der Waals surface area contributed by atoms with Gasteiger partial charge in [-0.05, 0) is 0 Å². The summed E-state index contributed by atoms with van der Waals surface area (Å²) in [4.78, 5) is 32.6. The quantitative estimate of drug-likeness (QED) is 0.286. The van der Waals surface area contributed by atoms with Gasteiger partial charge in [0.25, 0.3) is 0 Å². The number of aromatic nitrogens is 10. The molecule has 0 bridgehead atoms. The summed E-state index contributed by atoms with van der Waals surface area (Å²) in [6.07, 6.45) is 12.6. The Balaban J connectivity index is 0.000000142. The molecule has 0 saturated heterocycles. The average molecular weight is 532 g/mol. The summed E-state index contributed by atoms with van der Waals surface area (Å²) in [5, 5.41) is 1.45. The molecule has 0 aromatic carbocycles. The predicted octanol–water partition coefficient (Wildman–Crippen LogP) is 5.03. The van der Waals surface area contributed by atoms with E-state index >= 15 is 0 Å². The average Bonchev–Trinajstić information content (AvgIpc) is 3.43. The molecule has 0 spiro atoms. The van der Waals surface area contributed by atoms with Crippen molar-refractivity contribution in [2.45, 2.75) is 0 Å². The van der Waals surface area contributed by atoms with Crippen LogP contribution in [0, 0.1) is 0 Å². The fourth-order valence-electron chi connectivity index (χ4n) is 3.03. The maximum atomic E-state index is 5.85. The van der Waals surface area contributed by atoms with Crippen LogP contribution in [-0.4, -0.2) is 49.0 Å². The molecule has 0 unspecified atom stereocenters. The van der Waals surface area contributed by atoms with Crippen LogP contribution in [0.2, 0.25) is 20.6 Å². The van der Waals surface area contributed by atoms with E-state index in [0.29, 0.717) is 32.2 Å². The molecule has 0 N–H and O–H groups in total. The van der Waals surface area contributed by atoms with Crippen molar-refractivity contribution in [3.05, 3.63) is 82.6 Å². The van der Waals surface area contributed by atoms with Gasteiger partial charge in [0.15, 0.2) is 11.6 Å². The first-order valence-corrected chi connectivity index (χ1v) is 10.9. The van der Waals surface area contributed by atoms with Crippen molar-refractivity contribution in [1.82, 2.24) is 49.0 Å². The summed E-state index contributed by atoms with van der Waals surface area (Å²) in [6, 6.07) is 3.40. The predicted molar refractivity (Wildman–Crippen MR) is 129 cm³/mol. The lowest BCUT2D eigenvalue weighted by molar-refractivity contribution is 0.994. The smallest absolute Gasteiger partial charge is 0.158 e. The second-order valence-electron chi connectivity index (χ2n) is 6.62. The molecule has 0 aliphatic heterocycles.